The van der Waals surface area contributed by atoms with Gasteiger partial charge in [-0.05, 0) is 35.2 Å². The van der Waals surface area contributed by atoms with Gasteiger partial charge in [0.2, 0.25) is 0 Å². The minimum atomic E-state index is -4.18. The third kappa shape index (κ3) is 4.44. The Kier molecular flexibility index (Phi) is 3.87. The van der Waals surface area contributed by atoms with Gasteiger partial charge in [0.1, 0.15) is 0 Å². The third-order valence-electron chi connectivity index (χ3n) is 1.81. The maximum Gasteiger partial charge on any atom is 0.389 e. The molecular weight excluding hydrogens is 229 g/mol. The van der Waals surface area contributed by atoms with E-state index in [-0.39, 0.29) is 11.3 Å². The van der Waals surface area contributed by atoms with E-state index in [0.717, 1.165) is 0 Å². The molecule has 1 atom stereocenters. The van der Waals surface area contributed by atoms with Crippen molar-refractivity contribution in [3.63, 3.8) is 0 Å². The van der Waals surface area contributed by atoms with Crippen LogP contribution in [0.25, 0.3) is 0 Å². The van der Waals surface area contributed by atoms with Crippen molar-refractivity contribution < 1.29 is 21.9 Å². The van der Waals surface area contributed by atoms with E-state index >= 15 is 0 Å². The predicted molar refractivity (Wildman–Crippen MR) is 48.0 cm³/mol. The smallest absolute Gasteiger partial charge is 0.389 e. The van der Waals surface area contributed by atoms with Gasteiger partial charge in [-0.1, -0.05) is 12.1 Å². The topological polar surface area (TPSA) is 40.1 Å². The lowest BCUT2D eigenvalue weighted by atomic mass is 10.1. The summed E-state index contributed by atoms with van der Waals surface area (Å²) in [6.45, 7) is 0. The summed E-state index contributed by atoms with van der Waals surface area (Å²) in [5.41, 5.74) is 0.474. The Morgan fingerprint density at radius 1 is 1.20 bits per heavy atom. The molecule has 0 saturated heterocycles. The summed E-state index contributed by atoms with van der Waals surface area (Å²) < 4.78 is 56.4. The van der Waals surface area contributed by atoms with E-state index in [9.17, 15) is 21.9 Å². The Balaban J connectivity index is 2.61. The molecule has 0 saturated carbocycles. The van der Waals surface area contributed by atoms with Gasteiger partial charge in [-0.25, -0.2) is 0 Å². The summed E-state index contributed by atoms with van der Waals surface area (Å²) in [6, 6.07) is 5.34. The highest BCUT2D eigenvalue weighted by molar-refractivity contribution is 7.79. The molecule has 1 aromatic rings. The highest BCUT2D eigenvalue weighted by atomic mass is 32.2. The van der Waals surface area contributed by atoms with Crippen LogP contribution in [0.4, 0.5) is 13.2 Å². The van der Waals surface area contributed by atoms with Crippen LogP contribution in [0.15, 0.2) is 29.2 Å². The molecular formula is C9H8F3O2S-. The molecule has 0 bridgehead atoms. The zero-order valence-electron chi connectivity index (χ0n) is 7.58. The molecule has 0 aliphatic carbocycles. The number of benzene rings is 1. The maximum absolute atomic E-state index is 11.9. The molecule has 15 heavy (non-hydrogen) atoms. The second-order valence-corrected chi connectivity index (χ2v) is 3.93. The van der Waals surface area contributed by atoms with Crippen molar-refractivity contribution in [3.05, 3.63) is 29.8 Å². The molecule has 1 unspecified atom stereocenters. The molecule has 0 aliphatic rings. The lowest BCUT2D eigenvalue weighted by Crippen LogP contribution is -2.08. The van der Waals surface area contributed by atoms with Crippen molar-refractivity contribution in [1.29, 1.82) is 0 Å². The molecule has 0 amide bonds. The molecule has 0 aromatic heterocycles. The van der Waals surface area contributed by atoms with Crippen molar-refractivity contribution in [2.45, 2.75) is 23.9 Å². The second-order valence-electron chi connectivity index (χ2n) is 2.99. The summed E-state index contributed by atoms with van der Waals surface area (Å²) in [4.78, 5) is 0.0748. The number of alkyl halides is 3. The Labute approximate surface area is 87.4 Å². The highest BCUT2D eigenvalue weighted by Crippen LogP contribution is 2.22. The van der Waals surface area contributed by atoms with Crippen LogP contribution >= 0.6 is 0 Å². The van der Waals surface area contributed by atoms with Crippen molar-refractivity contribution >= 4 is 11.1 Å². The summed E-state index contributed by atoms with van der Waals surface area (Å²) in [5.74, 6) is 0. The molecule has 1 aromatic carbocycles. The van der Waals surface area contributed by atoms with E-state index in [4.69, 9.17) is 0 Å². The molecule has 0 spiro atoms. The molecule has 0 fully saturated rings. The summed E-state index contributed by atoms with van der Waals surface area (Å²) in [7, 11) is 0. The third-order valence-corrected chi connectivity index (χ3v) is 2.47. The van der Waals surface area contributed by atoms with E-state index < -0.39 is 23.7 Å². The van der Waals surface area contributed by atoms with Crippen LogP contribution in [0.3, 0.4) is 0 Å². The summed E-state index contributed by atoms with van der Waals surface area (Å²) in [6.07, 6.45) is -5.21. The number of aryl methyl sites for hydroxylation is 1. The normalized spacial score (nSPS) is 13.9. The first-order valence-corrected chi connectivity index (χ1v) is 5.21. The Morgan fingerprint density at radius 3 is 2.13 bits per heavy atom. The molecule has 0 N–H and O–H groups in total. The SMILES string of the molecule is O=S([O-])c1ccc(CCC(F)(F)F)cc1. The zero-order valence-corrected chi connectivity index (χ0v) is 8.40. The van der Waals surface area contributed by atoms with Gasteiger partial charge in [-0.2, -0.15) is 13.2 Å². The van der Waals surface area contributed by atoms with Gasteiger partial charge >= 0.3 is 6.18 Å². The van der Waals surface area contributed by atoms with Gasteiger partial charge in [-0.15, -0.1) is 0 Å². The van der Waals surface area contributed by atoms with Gasteiger partial charge < -0.3 is 4.55 Å². The molecule has 0 aliphatic heterocycles. The molecule has 0 radical (unpaired) electrons. The second kappa shape index (κ2) is 4.76. The van der Waals surface area contributed by atoms with E-state index in [1.165, 1.54) is 24.3 Å². The van der Waals surface area contributed by atoms with Crippen LogP contribution in [0.2, 0.25) is 0 Å². The van der Waals surface area contributed by atoms with E-state index in [1.54, 1.807) is 0 Å². The van der Waals surface area contributed by atoms with Crippen LogP contribution in [-0.4, -0.2) is 14.9 Å². The first kappa shape index (κ1) is 12.2. The number of halogens is 3. The van der Waals surface area contributed by atoms with Crippen molar-refractivity contribution in [3.8, 4) is 0 Å². The summed E-state index contributed by atoms with van der Waals surface area (Å²) >= 11 is -2.33. The van der Waals surface area contributed by atoms with Gasteiger partial charge in [0.15, 0.2) is 0 Å². The van der Waals surface area contributed by atoms with E-state index in [0.29, 0.717) is 5.56 Å². The number of rotatable bonds is 3. The average molecular weight is 237 g/mol. The van der Waals surface area contributed by atoms with E-state index in [2.05, 4.69) is 0 Å². The minimum absolute atomic E-state index is 0.0748. The highest BCUT2D eigenvalue weighted by Gasteiger charge is 2.26. The van der Waals surface area contributed by atoms with Crippen LogP contribution < -0.4 is 0 Å². The van der Waals surface area contributed by atoms with E-state index in [1.807, 2.05) is 0 Å². The zero-order chi connectivity index (χ0) is 11.5. The number of hydrogen-bond acceptors (Lipinski definition) is 2. The van der Waals surface area contributed by atoms with Crippen molar-refractivity contribution in [2.75, 3.05) is 0 Å². The fourth-order valence-corrected chi connectivity index (χ4v) is 1.41. The predicted octanol–water partition coefficient (Wildman–Crippen LogP) is 2.42. The first-order chi connectivity index (χ1) is 6.88. The molecule has 6 heteroatoms. The number of hydrogen-bond donors (Lipinski definition) is 0. The molecule has 0 heterocycles. The average Bonchev–Trinajstić information content (AvgIpc) is 2.14. The Morgan fingerprint density at radius 2 is 1.73 bits per heavy atom. The Hall–Kier alpha value is -0.880. The van der Waals surface area contributed by atoms with Crippen LogP contribution in [0, 0.1) is 0 Å². The van der Waals surface area contributed by atoms with Gasteiger partial charge in [-0.3, -0.25) is 4.21 Å². The molecule has 84 valence electrons. The fourth-order valence-electron chi connectivity index (χ4n) is 1.05. The van der Waals surface area contributed by atoms with Crippen LogP contribution in [-0.2, 0) is 17.5 Å². The van der Waals surface area contributed by atoms with Gasteiger partial charge in [0.05, 0.1) is 0 Å². The standard InChI is InChI=1S/C9H9F3O2S/c10-9(11,12)6-5-7-1-3-8(4-2-7)15(13)14/h1-4H,5-6H2,(H,13,14)/p-1. The van der Waals surface area contributed by atoms with Crippen molar-refractivity contribution in [2.24, 2.45) is 0 Å². The molecule has 2 nitrogen and oxygen atoms in total. The van der Waals surface area contributed by atoms with Crippen molar-refractivity contribution in [1.82, 2.24) is 0 Å². The quantitative estimate of drug-likeness (QED) is 0.757. The van der Waals surface area contributed by atoms with Gasteiger partial charge in [0.25, 0.3) is 0 Å². The monoisotopic (exact) mass is 237 g/mol. The summed E-state index contributed by atoms with van der Waals surface area (Å²) in [5, 5.41) is 0. The maximum atomic E-state index is 11.9. The van der Waals surface area contributed by atoms with Crippen LogP contribution in [0.5, 0.6) is 0 Å². The lowest BCUT2D eigenvalue weighted by Gasteiger charge is -2.08. The largest absolute Gasteiger partial charge is 0.768 e. The minimum Gasteiger partial charge on any atom is -0.768 e. The lowest BCUT2D eigenvalue weighted by molar-refractivity contribution is -0.133. The molecule has 1 rings (SSSR count). The fraction of sp³-hybridized carbons (Fsp3) is 0.333. The van der Waals surface area contributed by atoms with Gasteiger partial charge in [0, 0.05) is 11.3 Å². The Bertz CT molecular complexity index is 345. The van der Waals surface area contributed by atoms with Crippen LogP contribution in [0.1, 0.15) is 12.0 Å². The first-order valence-electron chi connectivity index (χ1n) is 4.13.